The lowest BCUT2D eigenvalue weighted by Gasteiger charge is -2.60. The Bertz CT molecular complexity index is 1190. The summed E-state index contributed by atoms with van der Waals surface area (Å²) >= 11 is 0. The van der Waals surface area contributed by atoms with Gasteiger partial charge in [0.25, 0.3) is 0 Å². The summed E-state index contributed by atoms with van der Waals surface area (Å²) in [5, 5.41) is 3.23. The van der Waals surface area contributed by atoms with Crippen LogP contribution in [0.2, 0.25) is 0 Å². The number of amides is 2. The second kappa shape index (κ2) is 8.46. The minimum absolute atomic E-state index is 0.0738. The molecule has 0 radical (unpaired) electrons. The molecule has 8 atom stereocenters. The van der Waals surface area contributed by atoms with Crippen molar-refractivity contribution in [3.8, 4) is 0 Å². The van der Waals surface area contributed by atoms with E-state index >= 15 is 0 Å². The number of para-hydroxylation sites is 2. The smallest absolute Gasteiger partial charge is 0.246 e. The molecular formula is C30H40N4O2. The molecule has 2 aromatic rings. The van der Waals surface area contributed by atoms with E-state index in [9.17, 15) is 9.59 Å². The Kier molecular flexibility index (Phi) is 5.58. The predicted molar refractivity (Wildman–Crippen MR) is 141 cm³/mol. The van der Waals surface area contributed by atoms with Crippen LogP contribution >= 0.6 is 0 Å². The Morgan fingerprint density at radius 3 is 2.78 bits per heavy atom. The van der Waals surface area contributed by atoms with Gasteiger partial charge in [-0.05, 0) is 92.7 Å². The van der Waals surface area contributed by atoms with Crippen molar-refractivity contribution in [2.45, 2.75) is 77.8 Å². The van der Waals surface area contributed by atoms with Gasteiger partial charge in [-0.25, -0.2) is 4.98 Å². The lowest BCUT2D eigenvalue weighted by Crippen LogP contribution is -2.59. The molecule has 3 saturated carbocycles. The van der Waals surface area contributed by atoms with Crippen molar-refractivity contribution in [1.82, 2.24) is 20.2 Å². The largest absolute Gasteiger partial charge is 0.346 e. The number of nitrogens with one attached hydrogen (secondary N) is 2. The highest BCUT2D eigenvalue weighted by atomic mass is 16.2. The summed E-state index contributed by atoms with van der Waals surface area (Å²) in [4.78, 5) is 35.6. The lowest BCUT2D eigenvalue weighted by atomic mass is 9.47. The zero-order valence-electron chi connectivity index (χ0n) is 22.1. The number of carbonyl (C=O) groups excluding carboxylic acids is 2. The number of aromatic nitrogens is 2. The molecule has 6 nitrogen and oxygen atoms in total. The molecule has 6 rings (SSSR count). The van der Waals surface area contributed by atoms with Crippen LogP contribution in [0, 0.1) is 34.5 Å². The number of H-pyrrole nitrogens is 1. The van der Waals surface area contributed by atoms with Crippen LogP contribution in [0.5, 0.6) is 0 Å². The molecule has 192 valence electrons. The molecule has 2 heterocycles. The summed E-state index contributed by atoms with van der Waals surface area (Å²) in [7, 11) is 1.98. The number of fused-ring (bicyclic) bond motifs is 6. The number of imidazole rings is 1. The van der Waals surface area contributed by atoms with E-state index in [1.165, 1.54) is 25.7 Å². The highest BCUT2D eigenvalue weighted by molar-refractivity contribution is 5.89. The van der Waals surface area contributed by atoms with Crippen molar-refractivity contribution in [3.63, 3.8) is 0 Å². The van der Waals surface area contributed by atoms with Gasteiger partial charge < -0.3 is 15.2 Å². The van der Waals surface area contributed by atoms with Gasteiger partial charge in [0.2, 0.25) is 11.8 Å². The van der Waals surface area contributed by atoms with Crippen molar-refractivity contribution in [1.29, 1.82) is 0 Å². The zero-order valence-corrected chi connectivity index (χ0v) is 22.1. The molecule has 3 aliphatic carbocycles. The topological polar surface area (TPSA) is 78.1 Å². The second-order valence-corrected chi connectivity index (χ2v) is 12.6. The van der Waals surface area contributed by atoms with Crippen LogP contribution in [0.15, 0.2) is 36.4 Å². The van der Waals surface area contributed by atoms with Gasteiger partial charge in [-0.15, -0.1) is 0 Å². The summed E-state index contributed by atoms with van der Waals surface area (Å²) in [6, 6.07) is 8.17. The van der Waals surface area contributed by atoms with Gasteiger partial charge in [0.05, 0.1) is 17.1 Å². The molecular weight excluding hydrogens is 448 g/mol. The number of hydrogen-bond donors (Lipinski definition) is 2. The number of likely N-dealkylation sites (N-methyl/N-ethyl adjacent to an activating group) is 1. The van der Waals surface area contributed by atoms with Gasteiger partial charge >= 0.3 is 0 Å². The van der Waals surface area contributed by atoms with E-state index in [0.717, 1.165) is 29.7 Å². The predicted octanol–water partition coefficient (Wildman–Crippen LogP) is 5.39. The highest BCUT2D eigenvalue weighted by Crippen LogP contribution is 2.65. The fourth-order valence-electron chi connectivity index (χ4n) is 8.95. The van der Waals surface area contributed by atoms with Crippen LogP contribution in [0.1, 0.15) is 77.6 Å². The standard InChI is InChI=1S/C30H40N4O2/c1-18(28-32-23-7-5-6-8-24(23)33-28)31-26(35)17-19-9-11-21-20-10-12-25-30(3,16-14-27(36)34(25)4)22(20)13-15-29(19,21)2/h5-8,14,16,18-22,25H,9-13,15,17H2,1-4H3,(H,31,35)(H,32,33)/t18?,19?,20-,21-,22-,25+,29+,30+/m0/s1. The third kappa shape index (κ3) is 3.54. The Balaban J connectivity index is 1.14. The normalized spacial score (nSPS) is 38.4. The van der Waals surface area contributed by atoms with E-state index in [1.54, 1.807) is 0 Å². The van der Waals surface area contributed by atoms with Gasteiger partial charge in [0.1, 0.15) is 5.82 Å². The first-order chi connectivity index (χ1) is 17.2. The van der Waals surface area contributed by atoms with Gasteiger partial charge in [-0.1, -0.05) is 32.1 Å². The second-order valence-electron chi connectivity index (χ2n) is 12.6. The van der Waals surface area contributed by atoms with E-state index in [2.05, 4.69) is 35.2 Å². The molecule has 6 heteroatoms. The first kappa shape index (κ1) is 23.7. The van der Waals surface area contributed by atoms with Crippen molar-refractivity contribution >= 4 is 22.8 Å². The van der Waals surface area contributed by atoms with Gasteiger partial charge in [-0.3, -0.25) is 9.59 Å². The van der Waals surface area contributed by atoms with Crippen LogP contribution in [0.25, 0.3) is 11.0 Å². The number of carbonyl (C=O) groups is 2. The van der Waals surface area contributed by atoms with E-state index in [-0.39, 0.29) is 28.7 Å². The van der Waals surface area contributed by atoms with E-state index < -0.39 is 0 Å². The SMILES string of the molecule is CC(NC(=O)CC1CC[C@H]2[C@@H]3CC[C@H]4N(C)C(=O)C=C[C@]4(C)[C@H]3CC[C@]12C)c1nc2ccccc2[nH]1. The number of aromatic amines is 1. The fraction of sp³-hybridized carbons (Fsp3) is 0.633. The Morgan fingerprint density at radius 1 is 1.17 bits per heavy atom. The Hall–Kier alpha value is -2.63. The average molecular weight is 489 g/mol. The van der Waals surface area contributed by atoms with Gasteiger partial charge in [-0.2, -0.15) is 0 Å². The average Bonchev–Trinajstić information content (AvgIpc) is 3.43. The van der Waals surface area contributed by atoms with Crippen LogP contribution in [0.3, 0.4) is 0 Å². The zero-order chi connectivity index (χ0) is 25.2. The molecule has 2 unspecified atom stereocenters. The summed E-state index contributed by atoms with van der Waals surface area (Å²) in [5.74, 6) is 3.54. The third-order valence-electron chi connectivity index (χ3n) is 11.0. The molecule has 4 aliphatic rings. The minimum Gasteiger partial charge on any atom is -0.346 e. The van der Waals surface area contributed by atoms with Crippen molar-refractivity contribution < 1.29 is 9.59 Å². The maximum Gasteiger partial charge on any atom is 0.246 e. The first-order valence-electron chi connectivity index (χ1n) is 13.9. The fourth-order valence-corrected chi connectivity index (χ4v) is 8.95. The van der Waals surface area contributed by atoms with Crippen molar-refractivity contribution in [3.05, 3.63) is 42.2 Å². The molecule has 1 aromatic carbocycles. The van der Waals surface area contributed by atoms with Crippen molar-refractivity contribution in [2.24, 2.45) is 34.5 Å². The molecule has 1 aliphatic heterocycles. The van der Waals surface area contributed by atoms with Crippen LogP contribution in [-0.2, 0) is 9.59 Å². The first-order valence-corrected chi connectivity index (χ1v) is 13.9. The highest BCUT2D eigenvalue weighted by Gasteiger charge is 2.60. The van der Waals surface area contributed by atoms with Crippen LogP contribution in [0.4, 0.5) is 0 Å². The molecule has 3 fully saturated rings. The number of benzene rings is 1. The Labute approximate surface area is 214 Å². The minimum atomic E-state index is -0.140. The number of rotatable bonds is 4. The molecule has 2 N–H and O–H groups in total. The Morgan fingerprint density at radius 2 is 1.97 bits per heavy atom. The van der Waals surface area contributed by atoms with Crippen LogP contribution < -0.4 is 5.32 Å². The number of nitrogens with zero attached hydrogens (tertiary/aromatic N) is 2. The molecule has 36 heavy (non-hydrogen) atoms. The summed E-state index contributed by atoms with van der Waals surface area (Å²) < 4.78 is 0. The summed E-state index contributed by atoms with van der Waals surface area (Å²) in [6.07, 6.45) is 11.7. The number of hydrogen-bond acceptors (Lipinski definition) is 3. The van der Waals surface area contributed by atoms with E-state index in [4.69, 9.17) is 0 Å². The molecule has 1 aromatic heterocycles. The lowest BCUT2D eigenvalue weighted by molar-refractivity contribution is -0.139. The van der Waals surface area contributed by atoms with E-state index in [1.807, 2.05) is 49.2 Å². The summed E-state index contributed by atoms with van der Waals surface area (Å²) in [6.45, 7) is 6.89. The van der Waals surface area contributed by atoms with Gasteiger partial charge in [0.15, 0.2) is 0 Å². The monoisotopic (exact) mass is 488 g/mol. The maximum absolute atomic E-state index is 13.2. The molecule has 0 saturated heterocycles. The van der Waals surface area contributed by atoms with Crippen molar-refractivity contribution in [2.75, 3.05) is 7.05 Å². The molecule has 2 amide bonds. The molecule has 0 bridgehead atoms. The van der Waals surface area contributed by atoms with E-state index in [0.29, 0.717) is 36.1 Å². The van der Waals surface area contributed by atoms with Crippen LogP contribution in [-0.4, -0.2) is 39.8 Å². The quantitative estimate of drug-likeness (QED) is 0.606. The third-order valence-corrected chi connectivity index (χ3v) is 11.0. The summed E-state index contributed by atoms with van der Waals surface area (Å²) in [5.41, 5.74) is 2.24. The maximum atomic E-state index is 13.2. The van der Waals surface area contributed by atoms with Gasteiger partial charge in [0, 0.05) is 24.9 Å². The molecule has 0 spiro atoms.